The van der Waals surface area contributed by atoms with E-state index in [1.807, 2.05) is 5.92 Å². The van der Waals surface area contributed by atoms with Gasteiger partial charge in [-0.2, -0.15) is 0 Å². The first-order chi connectivity index (χ1) is 7.26. The highest BCUT2D eigenvalue weighted by molar-refractivity contribution is 6.79. The van der Waals surface area contributed by atoms with Crippen LogP contribution in [0.25, 0.3) is 0 Å². The highest BCUT2D eigenvalue weighted by atomic mass is 28.3. The summed E-state index contributed by atoms with van der Waals surface area (Å²) >= 11 is 0. The highest BCUT2D eigenvalue weighted by Crippen LogP contribution is 2.34. The quantitative estimate of drug-likeness (QED) is 0.529. The normalized spacial score (nSPS) is 19.4. The van der Waals surface area contributed by atoms with Gasteiger partial charge < -0.3 is 0 Å². The molecule has 0 nitrogen and oxygen atoms in total. The topological polar surface area (TPSA) is 0 Å². The molecule has 1 aliphatic carbocycles. The molecule has 0 bridgehead atoms. The zero-order valence-electron chi connectivity index (χ0n) is 11.1. The van der Waals surface area contributed by atoms with Crippen molar-refractivity contribution in [1.82, 2.24) is 0 Å². The smallest absolute Gasteiger partial charge is 0.0527 e. The molecule has 1 fully saturated rings. The molecular weight excluding hydrogens is 196 g/mol. The molecule has 1 saturated carbocycles. The molecule has 0 unspecified atom stereocenters. The Kier molecular flexibility index (Phi) is 5.96. The standard InChI is InChI=1S/C14H29Si/c1-4-15(5-2,6-3)13-12-14-10-8-7-9-11-14/h4-13H2,1-3H3. The predicted octanol–water partition coefficient (Wildman–Crippen LogP) is 5.42. The second-order valence-electron chi connectivity index (χ2n) is 5.37. The molecule has 1 radical (unpaired) electrons. The van der Waals surface area contributed by atoms with Crippen LogP contribution in [0.3, 0.4) is 0 Å². The second kappa shape index (κ2) is 6.73. The summed E-state index contributed by atoms with van der Waals surface area (Å²) in [5.41, 5.74) is 0. The average Bonchev–Trinajstić information content (AvgIpc) is 2.33. The Bertz CT molecular complexity index is 146. The largest absolute Gasteiger partial charge is 0.0678 e. The van der Waals surface area contributed by atoms with Gasteiger partial charge in [0.2, 0.25) is 0 Å². The maximum atomic E-state index is 2.44. The second-order valence-corrected chi connectivity index (χ2v) is 11.0. The van der Waals surface area contributed by atoms with Gasteiger partial charge in [-0.15, -0.1) is 0 Å². The summed E-state index contributed by atoms with van der Waals surface area (Å²) in [7, 11) is -0.822. The molecule has 89 valence electrons. The van der Waals surface area contributed by atoms with Gasteiger partial charge in [0.25, 0.3) is 0 Å². The third-order valence-corrected chi connectivity index (χ3v) is 10.6. The Morgan fingerprint density at radius 1 is 0.867 bits per heavy atom. The zero-order valence-corrected chi connectivity index (χ0v) is 12.1. The SMILES string of the molecule is CC[Si](CC)(CC)CC[C]1CCCCC1. The molecule has 1 rings (SSSR count). The van der Waals surface area contributed by atoms with Gasteiger partial charge in [0.1, 0.15) is 0 Å². The molecule has 0 aromatic heterocycles. The van der Waals surface area contributed by atoms with E-state index in [9.17, 15) is 0 Å². The van der Waals surface area contributed by atoms with Crippen molar-refractivity contribution in [3.63, 3.8) is 0 Å². The summed E-state index contributed by atoms with van der Waals surface area (Å²) in [5, 5.41) is 0. The van der Waals surface area contributed by atoms with E-state index in [0.29, 0.717) is 0 Å². The lowest BCUT2D eigenvalue weighted by Gasteiger charge is -2.31. The van der Waals surface area contributed by atoms with Crippen LogP contribution in [0.2, 0.25) is 24.2 Å². The Hall–Kier alpha value is 0.217. The van der Waals surface area contributed by atoms with Gasteiger partial charge in [0, 0.05) is 0 Å². The summed E-state index contributed by atoms with van der Waals surface area (Å²) in [6.07, 6.45) is 8.86. The van der Waals surface area contributed by atoms with Crippen LogP contribution < -0.4 is 0 Å². The highest BCUT2D eigenvalue weighted by Gasteiger charge is 2.27. The Morgan fingerprint density at radius 2 is 1.40 bits per heavy atom. The van der Waals surface area contributed by atoms with Gasteiger partial charge in [0.15, 0.2) is 0 Å². The molecule has 15 heavy (non-hydrogen) atoms. The molecule has 0 heterocycles. The Morgan fingerprint density at radius 3 is 1.87 bits per heavy atom. The minimum Gasteiger partial charge on any atom is -0.0678 e. The Labute approximate surface area is 97.9 Å². The van der Waals surface area contributed by atoms with E-state index >= 15 is 0 Å². The van der Waals surface area contributed by atoms with Crippen molar-refractivity contribution < 1.29 is 0 Å². The molecule has 0 aliphatic heterocycles. The molecular formula is C14H29Si. The van der Waals surface area contributed by atoms with Gasteiger partial charge >= 0.3 is 0 Å². The first-order valence-corrected chi connectivity index (χ1v) is 9.92. The van der Waals surface area contributed by atoms with Crippen molar-refractivity contribution in [2.45, 2.75) is 83.5 Å². The van der Waals surface area contributed by atoms with E-state index in [1.54, 1.807) is 6.04 Å². The number of hydrogen-bond acceptors (Lipinski definition) is 0. The van der Waals surface area contributed by atoms with Crippen LogP contribution in [-0.2, 0) is 0 Å². The van der Waals surface area contributed by atoms with Crippen molar-refractivity contribution in [1.29, 1.82) is 0 Å². The minimum atomic E-state index is -0.822. The zero-order chi connectivity index (χ0) is 11.1. The van der Waals surface area contributed by atoms with Crippen LogP contribution in [0.4, 0.5) is 0 Å². The summed E-state index contributed by atoms with van der Waals surface area (Å²) in [5.74, 6) is 1.91. The fourth-order valence-electron chi connectivity index (χ4n) is 3.02. The maximum Gasteiger partial charge on any atom is 0.0527 e. The fourth-order valence-corrected chi connectivity index (χ4v) is 6.47. The monoisotopic (exact) mass is 225 g/mol. The number of hydrogen-bond donors (Lipinski definition) is 0. The lowest BCUT2D eigenvalue weighted by atomic mass is 9.88. The molecule has 1 aliphatic rings. The van der Waals surface area contributed by atoms with Crippen LogP contribution in [0, 0.1) is 5.92 Å². The van der Waals surface area contributed by atoms with Crippen molar-refractivity contribution in [2.75, 3.05) is 0 Å². The van der Waals surface area contributed by atoms with Gasteiger partial charge in [-0.1, -0.05) is 64.2 Å². The molecule has 0 N–H and O–H groups in total. The summed E-state index contributed by atoms with van der Waals surface area (Å²) < 4.78 is 0. The van der Waals surface area contributed by atoms with E-state index in [4.69, 9.17) is 0 Å². The third kappa shape index (κ3) is 3.94. The molecule has 0 aromatic carbocycles. The summed E-state index contributed by atoms with van der Waals surface area (Å²) in [6.45, 7) is 7.31. The van der Waals surface area contributed by atoms with Gasteiger partial charge in [-0.05, 0) is 25.2 Å². The van der Waals surface area contributed by atoms with E-state index in [2.05, 4.69) is 20.8 Å². The first kappa shape index (κ1) is 13.3. The minimum absolute atomic E-state index is 0.822. The van der Waals surface area contributed by atoms with Gasteiger partial charge in [-0.3, -0.25) is 0 Å². The van der Waals surface area contributed by atoms with E-state index in [-0.39, 0.29) is 0 Å². The van der Waals surface area contributed by atoms with Gasteiger partial charge in [-0.25, -0.2) is 0 Å². The lowest BCUT2D eigenvalue weighted by molar-refractivity contribution is 0.513. The molecule has 0 amide bonds. The van der Waals surface area contributed by atoms with E-state index < -0.39 is 8.07 Å². The van der Waals surface area contributed by atoms with E-state index in [0.717, 1.165) is 0 Å². The van der Waals surface area contributed by atoms with Crippen LogP contribution in [0.1, 0.15) is 59.3 Å². The van der Waals surface area contributed by atoms with Crippen molar-refractivity contribution in [3.8, 4) is 0 Å². The summed E-state index contributed by atoms with van der Waals surface area (Å²) in [6, 6.07) is 6.11. The first-order valence-electron chi connectivity index (χ1n) is 7.10. The molecule has 0 spiro atoms. The average molecular weight is 225 g/mol. The Balaban J connectivity index is 2.31. The van der Waals surface area contributed by atoms with Crippen molar-refractivity contribution >= 4 is 8.07 Å². The molecule has 0 aromatic rings. The summed E-state index contributed by atoms with van der Waals surface area (Å²) in [4.78, 5) is 0. The van der Waals surface area contributed by atoms with Crippen LogP contribution in [0.5, 0.6) is 0 Å². The van der Waals surface area contributed by atoms with Crippen LogP contribution in [-0.4, -0.2) is 8.07 Å². The van der Waals surface area contributed by atoms with E-state index in [1.165, 1.54) is 56.7 Å². The van der Waals surface area contributed by atoms with Crippen molar-refractivity contribution in [3.05, 3.63) is 5.92 Å². The molecule has 0 atom stereocenters. The fraction of sp³-hybridized carbons (Fsp3) is 0.929. The van der Waals surface area contributed by atoms with Crippen molar-refractivity contribution in [2.24, 2.45) is 0 Å². The van der Waals surface area contributed by atoms with Crippen LogP contribution >= 0.6 is 0 Å². The van der Waals surface area contributed by atoms with Gasteiger partial charge in [0.05, 0.1) is 8.07 Å². The molecule has 0 saturated heterocycles. The lowest BCUT2D eigenvalue weighted by Crippen LogP contribution is -2.31. The molecule has 1 heteroatoms. The maximum absolute atomic E-state index is 2.44. The third-order valence-electron chi connectivity index (χ3n) is 4.82. The predicted molar refractivity (Wildman–Crippen MR) is 72.9 cm³/mol. The number of rotatable bonds is 6. The van der Waals surface area contributed by atoms with Crippen LogP contribution in [0.15, 0.2) is 0 Å².